The van der Waals surface area contributed by atoms with Gasteiger partial charge in [0.15, 0.2) is 0 Å². The number of allylic oxidation sites excluding steroid dienone is 1. The van der Waals surface area contributed by atoms with Gasteiger partial charge in [0, 0.05) is 17.2 Å². The van der Waals surface area contributed by atoms with Crippen molar-refractivity contribution in [1.29, 1.82) is 0 Å². The molecule has 3 heteroatoms. The lowest BCUT2D eigenvalue weighted by atomic mass is 10.3. The van der Waals surface area contributed by atoms with Gasteiger partial charge in [-0.1, -0.05) is 11.6 Å². The highest BCUT2D eigenvalue weighted by Gasteiger charge is 1.90. The van der Waals surface area contributed by atoms with Crippen molar-refractivity contribution in [2.45, 2.75) is 13.8 Å². The second-order valence-electron chi connectivity index (χ2n) is 3.02. The maximum Gasteiger partial charge on any atom is 0.126 e. The van der Waals surface area contributed by atoms with Crippen LogP contribution in [0.2, 0.25) is 0 Å². The monoisotopic (exact) mass is 240 g/mol. The molecule has 0 aliphatic carbocycles. The highest BCUT2D eigenvalue weighted by molar-refractivity contribution is 9.10. The summed E-state index contributed by atoms with van der Waals surface area (Å²) in [7, 11) is 0. The fourth-order valence-corrected chi connectivity index (χ4v) is 1.07. The number of aromatic nitrogens is 1. The zero-order valence-corrected chi connectivity index (χ0v) is 9.43. The Bertz CT molecular complexity index is 286. The zero-order valence-electron chi connectivity index (χ0n) is 7.84. The second-order valence-corrected chi connectivity index (χ2v) is 3.94. The normalized spacial score (nSPS) is 9.46. The summed E-state index contributed by atoms with van der Waals surface area (Å²) >= 11 is 3.33. The molecule has 0 aromatic carbocycles. The number of hydrogen-bond acceptors (Lipinski definition) is 2. The predicted octanol–water partition coefficient (Wildman–Crippen LogP) is 3.22. The van der Waals surface area contributed by atoms with E-state index < -0.39 is 0 Å². The van der Waals surface area contributed by atoms with Crippen LogP contribution in [-0.4, -0.2) is 11.5 Å². The Kier molecular flexibility index (Phi) is 3.96. The Morgan fingerprint density at radius 1 is 1.54 bits per heavy atom. The van der Waals surface area contributed by atoms with Gasteiger partial charge in [0.2, 0.25) is 0 Å². The smallest absolute Gasteiger partial charge is 0.126 e. The van der Waals surface area contributed by atoms with Crippen molar-refractivity contribution in [3.05, 3.63) is 34.5 Å². The molecule has 0 spiro atoms. The quantitative estimate of drug-likeness (QED) is 0.822. The summed E-state index contributed by atoms with van der Waals surface area (Å²) < 4.78 is 1.00. The molecule has 1 heterocycles. The summed E-state index contributed by atoms with van der Waals surface area (Å²) in [5, 5.41) is 3.19. The van der Waals surface area contributed by atoms with Gasteiger partial charge in [-0.15, -0.1) is 0 Å². The number of hydrogen-bond donors (Lipinski definition) is 1. The third-order valence-electron chi connectivity index (χ3n) is 1.52. The van der Waals surface area contributed by atoms with E-state index in [1.165, 1.54) is 5.57 Å². The van der Waals surface area contributed by atoms with Gasteiger partial charge in [-0.2, -0.15) is 0 Å². The first-order valence-electron chi connectivity index (χ1n) is 4.17. The number of nitrogens with zero attached hydrogens (tertiary/aromatic N) is 1. The molecule has 0 aliphatic rings. The SMILES string of the molecule is CC(C)=CCNc1ccc(Br)cn1. The van der Waals surface area contributed by atoms with Crippen molar-refractivity contribution in [2.75, 3.05) is 11.9 Å². The van der Waals surface area contributed by atoms with E-state index in [4.69, 9.17) is 0 Å². The second kappa shape index (κ2) is 5.02. The molecule has 2 nitrogen and oxygen atoms in total. The Hall–Kier alpha value is -0.830. The molecule has 1 aromatic rings. The summed E-state index contributed by atoms with van der Waals surface area (Å²) in [6.45, 7) is 4.99. The van der Waals surface area contributed by atoms with Crippen molar-refractivity contribution in [3.8, 4) is 0 Å². The van der Waals surface area contributed by atoms with Crippen molar-refractivity contribution in [3.63, 3.8) is 0 Å². The van der Waals surface area contributed by atoms with E-state index in [2.05, 4.69) is 46.2 Å². The molecule has 1 aromatic heterocycles. The molecule has 0 atom stereocenters. The standard InChI is InChI=1S/C10H13BrN2/c1-8(2)5-6-12-10-4-3-9(11)7-13-10/h3-5,7H,6H2,1-2H3,(H,12,13). The molecule has 0 amide bonds. The molecule has 0 bridgehead atoms. The van der Waals surface area contributed by atoms with Gasteiger partial charge in [-0.3, -0.25) is 0 Å². The lowest BCUT2D eigenvalue weighted by Crippen LogP contribution is -2.00. The van der Waals surface area contributed by atoms with Gasteiger partial charge >= 0.3 is 0 Å². The minimum Gasteiger partial charge on any atom is -0.367 e. The van der Waals surface area contributed by atoms with Crippen LogP contribution in [0, 0.1) is 0 Å². The van der Waals surface area contributed by atoms with E-state index in [1.54, 1.807) is 6.20 Å². The van der Waals surface area contributed by atoms with E-state index in [0.717, 1.165) is 16.8 Å². The molecule has 13 heavy (non-hydrogen) atoms. The van der Waals surface area contributed by atoms with Gasteiger partial charge in [-0.05, 0) is 41.9 Å². The zero-order chi connectivity index (χ0) is 9.68. The average Bonchev–Trinajstić information content (AvgIpc) is 2.08. The first-order valence-corrected chi connectivity index (χ1v) is 4.96. The number of pyridine rings is 1. The van der Waals surface area contributed by atoms with Gasteiger partial charge in [0.1, 0.15) is 5.82 Å². The number of rotatable bonds is 3. The molecule has 0 saturated carbocycles. The Balaban J connectivity index is 2.46. The van der Waals surface area contributed by atoms with Crippen LogP contribution in [-0.2, 0) is 0 Å². The highest BCUT2D eigenvalue weighted by atomic mass is 79.9. The maximum atomic E-state index is 4.19. The lowest BCUT2D eigenvalue weighted by Gasteiger charge is -2.01. The Morgan fingerprint density at radius 2 is 2.31 bits per heavy atom. The van der Waals surface area contributed by atoms with Gasteiger partial charge in [0.05, 0.1) is 0 Å². The summed E-state index contributed by atoms with van der Waals surface area (Å²) in [5.74, 6) is 0.903. The lowest BCUT2D eigenvalue weighted by molar-refractivity contribution is 1.20. The number of anilines is 1. The van der Waals surface area contributed by atoms with Crippen molar-refractivity contribution in [1.82, 2.24) is 4.98 Å². The summed E-state index contributed by atoms with van der Waals surface area (Å²) in [6.07, 6.45) is 3.91. The van der Waals surface area contributed by atoms with Gasteiger partial charge in [-0.25, -0.2) is 4.98 Å². The fraction of sp³-hybridized carbons (Fsp3) is 0.300. The Morgan fingerprint density at radius 3 is 2.85 bits per heavy atom. The Labute approximate surface area is 87.2 Å². The maximum absolute atomic E-state index is 4.19. The molecule has 0 fully saturated rings. The van der Waals surface area contributed by atoms with Crippen molar-refractivity contribution in [2.24, 2.45) is 0 Å². The first kappa shape index (κ1) is 10.3. The number of nitrogens with one attached hydrogen (secondary N) is 1. The van der Waals surface area contributed by atoms with Crippen molar-refractivity contribution < 1.29 is 0 Å². The molecule has 0 aliphatic heterocycles. The van der Waals surface area contributed by atoms with Gasteiger partial charge in [0.25, 0.3) is 0 Å². The van der Waals surface area contributed by atoms with Gasteiger partial charge < -0.3 is 5.32 Å². The summed E-state index contributed by atoms with van der Waals surface area (Å²) in [6, 6.07) is 3.92. The molecule has 0 radical (unpaired) electrons. The molecular formula is C10H13BrN2. The largest absolute Gasteiger partial charge is 0.367 e. The van der Waals surface area contributed by atoms with E-state index in [9.17, 15) is 0 Å². The van der Waals surface area contributed by atoms with E-state index in [0.29, 0.717) is 0 Å². The molecule has 0 unspecified atom stereocenters. The fourth-order valence-electron chi connectivity index (χ4n) is 0.840. The van der Waals surface area contributed by atoms with Crippen LogP contribution >= 0.6 is 15.9 Å². The van der Waals surface area contributed by atoms with E-state index in [1.807, 2.05) is 12.1 Å². The van der Waals surface area contributed by atoms with Crippen LogP contribution in [0.4, 0.5) is 5.82 Å². The summed E-state index contributed by atoms with van der Waals surface area (Å²) in [4.78, 5) is 4.19. The van der Waals surface area contributed by atoms with Crippen molar-refractivity contribution >= 4 is 21.7 Å². The van der Waals surface area contributed by atoms with Crippen LogP contribution < -0.4 is 5.32 Å². The van der Waals surface area contributed by atoms with Crippen LogP contribution in [0.1, 0.15) is 13.8 Å². The predicted molar refractivity (Wildman–Crippen MR) is 59.9 cm³/mol. The minimum absolute atomic E-state index is 0.830. The minimum atomic E-state index is 0.830. The summed E-state index contributed by atoms with van der Waals surface area (Å²) in [5.41, 5.74) is 1.31. The molecule has 0 saturated heterocycles. The van der Waals surface area contributed by atoms with Crippen LogP contribution in [0.3, 0.4) is 0 Å². The number of halogens is 1. The molecule has 1 N–H and O–H groups in total. The highest BCUT2D eigenvalue weighted by Crippen LogP contribution is 2.10. The third kappa shape index (κ3) is 4.08. The van der Waals surface area contributed by atoms with Crippen LogP contribution in [0.5, 0.6) is 0 Å². The molecule has 1 rings (SSSR count). The average molecular weight is 241 g/mol. The van der Waals surface area contributed by atoms with E-state index in [-0.39, 0.29) is 0 Å². The third-order valence-corrected chi connectivity index (χ3v) is 1.99. The first-order chi connectivity index (χ1) is 6.18. The topological polar surface area (TPSA) is 24.9 Å². The van der Waals surface area contributed by atoms with Crippen LogP contribution in [0.25, 0.3) is 0 Å². The molecule has 70 valence electrons. The van der Waals surface area contributed by atoms with E-state index >= 15 is 0 Å². The molecular weight excluding hydrogens is 228 g/mol. The van der Waals surface area contributed by atoms with Crippen LogP contribution in [0.15, 0.2) is 34.5 Å².